The molecule has 0 aliphatic carbocycles. The van der Waals surface area contributed by atoms with E-state index < -0.39 is 0 Å². The number of aromatic nitrogens is 1. The summed E-state index contributed by atoms with van der Waals surface area (Å²) in [6, 6.07) is 6.11. The Kier molecular flexibility index (Phi) is 8.55. The van der Waals surface area contributed by atoms with Crippen LogP contribution in [0.3, 0.4) is 0 Å². The normalized spacial score (nSPS) is 19.2. The van der Waals surface area contributed by atoms with Gasteiger partial charge in [-0.25, -0.2) is 4.99 Å². The lowest BCUT2D eigenvalue weighted by Gasteiger charge is -2.23. The zero-order valence-electron chi connectivity index (χ0n) is 14.8. The lowest BCUT2D eigenvalue weighted by Crippen LogP contribution is -2.47. The maximum atomic E-state index is 5.76. The minimum Gasteiger partial charge on any atom is -0.382 e. The van der Waals surface area contributed by atoms with Gasteiger partial charge in [-0.1, -0.05) is 6.07 Å². The van der Waals surface area contributed by atoms with Crippen LogP contribution in [0.4, 0.5) is 0 Å². The highest BCUT2D eigenvalue weighted by Crippen LogP contribution is 2.15. The average Bonchev–Trinajstić information content (AvgIpc) is 3.15. The molecule has 1 aromatic heterocycles. The van der Waals surface area contributed by atoms with Crippen molar-refractivity contribution in [2.24, 2.45) is 4.99 Å². The number of pyridine rings is 1. The van der Waals surface area contributed by atoms with Crippen LogP contribution in [-0.2, 0) is 16.0 Å². The van der Waals surface area contributed by atoms with E-state index in [4.69, 9.17) is 9.47 Å². The molecule has 1 aromatic rings. The van der Waals surface area contributed by atoms with Crippen molar-refractivity contribution in [1.29, 1.82) is 0 Å². The highest BCUT2D eigenvalue weighted by Gasteiger charge is 2.22. The standard InChI is InChI=1S/C18H30N4O2/c1-3-23-12-7-11-20-18(21-14-16-8-4-5-10-19-16)22-15(2)17-9-6-13-24-17/h4-5,8,10,15,17H,3,6-7,9,11-14H2,1-2H3,(H2,20,21,22). The molecule has 2 N–H and O–H groups in total. The molecular formula is C18H30N4O2. The molecule has 1 saturated heterocycles. The molecule has 2 heterocycles. The summed E-state index contributed by atoms with van der Waals surface area (Å²) in [5.74, 6) is 0.806. The SMILES string of the molecule is CCOCCCNC(=NCc1ccccn1)NC(C)C1CCCO1. The predicted octanol–water partition coefficient (Wildman–Crippen LogP) is 2.11. The third kappa shape index (κ3) is 6.84. The van der Waals surface area contributed by atoms with Crippen LogP contribution in [0, 0.1) is 0 Å². The molecule has 6 nitrogen and oxygen atoms in total. The Morgan fingerprint density at radius 1 is 1.50 bits per heavy atom. The molecular weight excluding hydrogens is 304 g/mol. The summed E-state index contributed by atoms with van der Waals surface area (Å²) in [5.41, 5.74) is 0.956. The Morgan fingerprint density at radius 3 is 3.12 bits per heavy atom. The molecule has 6 heteroatoms. The molecule has 1 fully saturated rings. The maximum absolute atomic E-state index is 5.76. The van der Waals surface area contributed by atoms with Gasteiger partial charge in [-0.05, 0) is 45.2 Å². The number of rotatable bonds is 9. The Hall–Kier alpha value is -1.66. The summed E-state index contributed by atoms with van der Waals surface area (Å²) < 4.78 is 11.1. The number of hydrogen-bond acceptors (Lipinski definition) is 4. The number of hydrogen-bond donors (Lipinski definition) is 2. The van der Waals surface area contributed by atoms with Gasteiger partial charge in [0.1, 0.15) is 0 Å². The summed E-state index contributed by atoms with van der Waals surface area (Å²) in [6.45, 7) is 7.92. The van der Waals surface area contributed by atoms with E-state index in [1.54, 1.807) is 6.20 Å². The van der Waals surface area contributed by atoms with Crippen molar-refractivity contribution in [1.82, 2.24) is 15.6 Å². The fourth-order valence-electron chi connectivity index (χ4n) is 2.64. The fourth-order valence-corrected chi connectivity index (χ4v) is 2.64. The number of nitrogens with zero attached hydrogens (tertiary/aromatic N) is 2. The van der Waals surface area contributed by atoms with Crippen LogP contribution in [0.1, 0.15) is 38.8 Å². The van der Waals surface area contributed by atoms with Crippen molar-refractivity contribution in [3.63, 3.8) is 0 Å². The number of ether oxygens (including phenoxy) is 2. The van der Waals surface area contributed by atoms with Crippen LogP contribution in [0.2, 0.25) is 0 Å². The van der Waals surface area contributed by atoms with E-state index in [0.29, 0.717) is 6.54 Å². The third-order valence-corrected chi connectivity index (χ3v) is 3.97. The first kappa shape index (κ1) is 18.7. The topological polar surface area (TPSA) is 67.8 Å². The Labute approximate surface area is 145 Å². The first-order chi connectivity index (χ1) is 11.8. The highest BCUT2D eigenvalue weighted by molar-refractivity contribution is 5.80. The molecule has 0 saturated carbocycles. The Bertz CT molecular complexity index is 475. The maximum Gasteiger partial charge on any atom is 0.191 e. The molecule has 0 amide bonds. The zero-order chi connectivity index (χ0) is 17.0. The van der Waals surface area contributed by atoms with Gasteiger partial charge in [-0.2, -0.15) is 0 Å². The van der Waals surface area contributed by atoms with Gasteiger partial charge < -0.3 is 20.1 Å². The van der Waals surface area contributed by atoms with Crippen molar-refractivity contribution in [3.8, 4) is 0 Å². The lowest BCUT2D eigenvalue weighted by atomic mass is 10.1. The minimum atomic E-state index is 0.231. The summed E-state index contributed by atoms with van der Waals surface area (Å²) in [7, 11) is 0. The number of guanidine groups is 1. The molecule has 1 aliphatic rings. The molecule has 0 radical (unpaired) electrons. The van der Waals surface area contributed by atoms with Gasteiger partial charge in [0, 0.05) is 32.6 Å². The van der Waals surface area contributed by atoms with Crippen molar-refractivity contribution >= 4 is 5.96 Å². The summed E-state index contributed by atoms with van der Waals surface area (Å²) in [4.78, 5) is 8.98. The van der Waals surface area contributed by atoms with Gasteiger partial charge in [0.05, 0.1) is 24.4 Å². The van der Waals surface area contributed by atoms with Crippen molar-refractivity contribution in [2.45, 2.75) is 51.8 Å². The molecule has 0 spiro atoms. The molecule has 1 aliphatic heterocycles. The molecule has 0 aromatic carbocycles. The second kappa shape index (κ2) is 11.0. The van der Waals surface area contributed by atoms with E-state index in [1.165, 1.54) is 0 Å². The minimum absolute atomic E-state index is 0.231. The monoisotopic (exact) mass is 334 g/mol. The lowest BCUT2D eigenvalue weighted by molar-refractivity contribution is 0.0890. The van der Waals surface area contributed by atoms with Crippen LogP contribution >= 0.6 is 0 Å². The molecule has 24 heavy (non-hydrogen) atoms. The van der Waals surface area contributed by atoms with E-state index in [2.05, 4.69) is 27.5 Å². The van der Waals surface area contributed by atoms with Crippen LogP contribution in [0.25, 0.3) is 0 Å². The molecule has 0 bridgehead atoms. The van der Waals surface area contributed by atoms with Gasteiger partial charge in [0.25, 0.3) is 0 Å². The van der Waals surface area contributed by atoms with E-state index in [0.717, 1.165) is 57.3 Å². The summed E-state index contributed by atoms with van der Waals surface area (Å²) in [5, 5.41) is 6.84. The Balaban J connectivity index is 1.86. The number of aliphatic imine (C=N–C) groups is 1. The third-order valence-electron chi connectivity index (χ3n) is 3.97. The van der Waals surface area contributed by atoms with Crippen molar-refractivity contribution in [3.05, 3.63) is 30.1 Å². The van der Waals surface area contributed by atoms with Crippen molar-refractivity contribution in [2.75, 3.05) is 26.4 Å². The molecule has 2 unspecified atom stereocenters. The van der Waals surface area contributed by atoms with E-state index in [1.807, 2.05) is 25.1 Å². The Morgan fingerprint density at radius 2 is 2.42 bits per heavy atom. The number of nitrogens with one attached hydrogen (secondary N) is 2. The fraction of sp³-hybridized carbons (Fsp3) is 0.667. The van der Waals surface area contributed by atoms with Gasteiger partial charge >= 0.3 is 0 Å². The highest BCUT2D eigenvalue weighted by atomic mass is 16.5. The largest absolute Gasteiger partial charge is 0.382 e. The van der Waals surface area contributed by atoms with E-state index in [-0.39, 0.29) is 12.1 Å². The van der Waals surface area contributed by atoms with Crippen LogP contribution in [0.15, 0.2) is 29.4 Å². The first-order valence-electron chi connectivity index (χ1n) is 8.93. The summed E-state index contributed by atoms with van der Waals surface area (Å²) >= 11 is 0. The average molecular weight is 334 g/mol. The molecule has 2 atom stereocenters. The van der Waals surface area contributed by atoms with E-state index >= 15 is 0 Å². The van der Waals surface area contributed by atoms with Crippen molar-refractivity contribution < 1.29 is 9.47 Å². The second-order valence-corrected chi connectivity index (χ2v) is 5.95. The summed E-state index contributed by atoms with van der Waals surface area (Å²) in [6.07, 6.45) is 5.25. The van der Waals surface area contributed by atoms with E-state index in [9.17, 15) is 0 Å². The van der Waals surface area contributed by atoms with Crippen LogP contribution in [-0.4, -0.2) is 49.5 Å². The van der Waals surface area contributed by atoms with Gasteiger partial charge in [-0.15, -0.1) is 0 Å². The quantitative estimate of drug-likeness (QED) is 0.411. The second-order valence-electron chi connectivity index (χ2n) is 5.95. The smallest absolute Gasteiger partial charge is 0.191 e. The predicted molar refractivity (Wildman–Crippen MR) is 96.1 cm³/mol. The van der Waals surface area contributed by atoms with Crippen LogP contribution in [0.5, 0.6) is 0 Å². The van der Waals surface area contributed by atoms with Gasteiger partial charge in [-0.3, -0.25) is 4.98 Å². The first-order valence-corrected chi connectivity index (χ1v) is 8.93. The van der Waals surface area contributed by atoms with Gasteiger partial charge in [0.15, 0.2) is 5.96 Å². The van der Waals surface area contributed by atoms with Gasteiger partial charge in [0.2, 0.25) is 0 Å². The molecule has 134 valence electrons. The van der Waals surface area contributed by atoms with Crippen LogP contribution < -0.4 is 10.6 Å². The molecule has 2 rings (SSSR count). The zero-order valence-corrected chi connectivity index (χ0v) is 14.8.